The second kappa shape index (κ2) is 14.0. The van der Waals surface area contributed by atoms with Gasteiger partial charge >= 0.3 is 17.1 Å². The summed E-state index contributed by atoms with van der Waals surface area (Å²) >= 11 is 0. The summed E-state index contributed by atoms with van der Waals surface area (Å²) in [6.07, 6.45) is 1.74. The van der Waals surface area contributed by atoms with Crippen LogP contribution in [0.3, 0.4) is 0 Å². The van der Waals surface area contributed by atoms with Gasteiger partial charge in [-0.1, -0.05) is 19.9 Å². The van der Waals surface area contributed by atoms with E-state index in [9.17, 15) is 4.79 Å². The molecule has 10 nitrogen and oxygen atoms in total. The fourth-order valence-electron chi connectivity index (χ4n) is 2.16. The van der Waals surface area contributed by atoms with Crippen LogP contribution in [0.25, 0.3) is 0 Å². The van der Waals surface area contributed by atoms with Crippen molar-refractivity contribution in [2.24, 2.45) is 5.92 Å². The maximum absolute atomic E-state index is 12.1. The molecule has 28 heavy (non-hydrogen) atoms. The molecule has 1 saturated heterocycles. The third kappa shape index (κ3) is 10.3. The van der Waals surface area contributed by atoms with Crippen LogP contribution in [-0.2, 0) is 42.6 Å². The molecule has 0 aromatic carbocycles. The van der Waals surface area contributed by atoms with Gasteiger partial charge in [-0.15, -0.1) is 0 Å². The van der Waals surface area contributed by atoms with Gasteiger partial charge in [0, 0.05) is 18.1 Å². The van der Waals surface area contributed by atoms with E-state index in [0.717, 1.165) is 19.5 Å². The summed E-state index contributed by atoms with van der Waals surface area (Å²) in [5, 5.41) is 24.2. The number of carbonyl (C=O) groups excluding carboxylic acids is 3. The number of aliphatic carboxylic acids is 2. The average molecular weight is 452 g/mol. The zero-order valence-corrected chi connectivity index (χ0v) is 17.7. The fourth-order valence-corrected chi connectivity index (χ4v) is 2.16. The number of aromatic nitrogens is 1. The molecule has 11 heteroatoms. The summed E-state index contributed by atoms with van der Waals surface area (Å²) in [6.45, 7) is 9.90. The van der Waals surface area contributed by atoms with Crippen LogP contribution in [0.1, 0.15) is 47.2 Å². The number of hydrogen-bond donors (Lipinski definition) is 2. The number of hydrogen-bond acceptors (Lipinski definition) is 7. The van der Waals surface area contributed by atoms with Crippen molar-refractivity contribution in [3.05, 3.63) is 30.1 Å². The van der Waals surface area contributed by atoms with E-state index in [0.29, 0.717) is 0 Å². The van der Waals surface area contributed by atoms with Gasteiger partial charge in [0.15, 0.2) is 0 Å². The van der Waals surface area contributed by atoms with Crippen molar-refractivity contribution in [3.63, 3.8) is 0 Å². The van der Waals surface area contributed by atoms with Crippen LogP contribution in [0.4, 0.5) is 0 Å². The molecule has 165 valence electrons. The van der Waals surface area contributed by atoms with Crippen LogP contribution in [0.15, 0.2) is 24.4 Å². The fraction of sp³-hybridized carbons (Fsp3) is 0.529. The number of amides is 1. The Hall–Kier alpha value is -2.04. The van der Waals surface area contributed by atoms with Crippen molar-refractivity contribution in [1.29, 1.82) is 0 Å². The summed E-state index contributed by atoms with van der Waals surface area (Å²) in [7, 11) is 0. The van der Waals surface area contributed by atoms with E-state index in [1.165, 1.54) is 0 Å². The molecular weight excluding hydrogens is 422 g/mol. The monoisotopic (exact) mass is 451 g/mol. The third-order valence-electron chi connectivity index (χ3n) is 3.68. The Morgan fingerprint density at radius 3 is 1.82 bits per heavy atom. The number of carboxylic acid groups (broad SMARTS) is 2. The Morgan fingerprint density at radius 1 is 1.11 bits per heavy atom. The molecule has 1 aromatic heterocycles. The van der Waals surface area contributed by atoms with Crippen molar-refractivity contribution in [2.75, 3.05) is 0 Å². The molecule has 1 amide bonds. The Balaban J connectivity index is -0.000000226. The normalized spacial score (nSPS) is 21.8. The van der Waals surface area contributed by atoms with E-state index >= 15 is 0 Å². The van der Waals surface area contributed by atoms with Crippen LogP contribution < -0.4 is 20.8 Å². The molecule has 1 aromatic rings. The molecule has 0 saturated carbocycles. The second-order valence-electron chi connectivity index (χ2n) is 6.26. The zero-order valence-electron chi connectivity index (χ0n) is 16.8. The molecule has 0 bridgehead atoms. The number of pyridine rings is 1. The van der Waals surface area contributed by atoms with E-state index in [1.54, 1.807) is 6.20 Å². The van der Waals surface area contributed by atoms with Crippen molar-refractivity contribution in [3.8, 4) is 0 Å². The van der Waals surface area contributed by atoms with Crippen molar-refractivity contribution in [2.45, 2.75) is 52.7 Å². The molecule has 1 aliphatic heterocycles. The zero-order chi connectivity index (χ0) is 19.8. The largest absolute Gasteiger partial charge is 2.00 e. The Kier molecular flexibility index (Phi) is 16.8. The summed E-state index contributed by atoms with van der Waals surface area (Å²) in [6, 6.07) is 5.71. The number of nitrogens with zero attached hydrogens (tertiary/aromatic N) is 1. The van der Waals surface area contributed by atoms with E-state index in [2.05, 4.69) is 15.6 Å². The van der Waals surface area contributed by atoms with E-state index in [1.807, 2.05) is 45.9 Å². The SMILES string of the molecule is CC(=O)[O-].CC(=O)[O-].CC(C)[C@]1(C)N[C@@](C)(c2ccccn2)NC1=O.O.[Cu+2].[OH3+]. The Bertz CT molecular complexity index is 596. The molecule has 2 heterocycles. The van der Waals surface area contributed by atoms with Gasteiger partial charge in [-0.2, -0.15) is 0 Å². The molecule has 7 N–H and O–H groups in total. The van der Waals surface area contributed by atoms with Gasteiger partial charge in [0.25, 0.3) is 0 Å². The minimum Gasteiger partial charge on any atom is -0.550 e. The standard InChI is InChI=1S/C13H19N3O.2C2H4O2.Cu.2H2O/c1-9(2)12(3)11(17)15-13(4,16-12)10-7-5-6-8-14-10;2*1-2(3)4;;;/h5-9,16H,1-4H3,(H,15,17);2*1H3,(H,3,4);;2*1H2/q;;;+2;;/p-1/t12-,13-;;;;;/m0...../s1. The number of carboxylic acids is 2. The summed E-state index contributed by atoms with van der Waals surface area (Å²) in [4.78, 5) is 34.2. The number of rotatable bonds is 2. The van der Waals surface area contributed by atoms with Crippen LogP contribution >= 0.6 is 0 Å². The van der Waals surface area contributed by atoms with Gasteiger partial charge in [0.1, 0.15) is 5.66 Å². The summed E-state index contributed by atoms with van der Waals surface area (Å²) in [5.41, 5.74) is -0.304. The smallest absolute Gasteiger partial charge is 0.550 e. The maximum Gasteiger partial charge on any atom is 2.00 e. The Labute approximate surface area is 175 Å². The van der Waals surface area contributed by atoms with Gasteiger partial charge in [-0.05, 0) is 45.7 Å². The van der Waals surface area contributed by atoms with Gasteiger partial charge in [0.2, 0.25) is 5.91 Å². The Morgan fingerprint density at radius 2 is 1.54 bits per heavy atom. The minimum atomic E-state index is -1.08. The summed E-state index contributed by atoms with van der Waals surface area (Å²) < 4.78 is 0. The maximum atomic E-state index is 12.1. The minimum absolute atomic E-state index is 0. The second-order valence-corrected chi connectivity index (χ2v) is 6.26. The summed E-state index contributed by atoms with van der Waals surface area (Å²) in [5.74, 6) is -1.92. The molecule has 1 aliphatic rings. The van der Waals surface area contributed by atoms with E-state index in [-0.39, 0.29) is 39.8 Å². The molecule has 0 aliphatic carbocycles. The van der Waals surface area contributed by atoms with E-state index < -0.39 is 23.1 Å². The molecule has 1 radical (unpaired) electrons. The predicted molar refractivity (Wildman–Crippen MR) is 96.0 cm³/mol. The number of nitrogens with one attached hydrogen (secondary N) is 2. The molecule has 0 spiro atoms. The molecular formula is C17H30CuN3O7+. The van der Waals surface area contributed by atoms with Gasteiger partial charge in [-0.3, -0.25) is 15.1 Å². The molecule has 2 atom stereocenters. The van der Waals surface area contributed by atoms with Crippen LogP contribution in [0.2, 0.25) is 0 Å². The predicted octanol–water partition coefficient (Wildman–Crippen LogP) is -2.85. The van der Waals surface area contributed by atoms with Crippen molar-refractivity contribution in [1.82, 2.24) is 15.6 Å². The third-order valence-corrected chi connectivity index (χ3v) is 3.68. The van der Waals surface area contributed by atoms with Crippen molar-refractivity contribution < 1.29 is 52.6 Å². The molecule has 0 unspecified atom stereocenters. The van der Waals surface area contributed by atoms with Crippen LogP contribution in [0.5, 0.6) is 0 Å². The first-order chi connectivity index (χ1) is 11.3. The number of carbonyl (C=O) groups is 3. The van der Waals surface area contributed by atoms with Gasteiger partial charge in [-0.25, -0.2) is 0 Å². The first-order valence-corrected chi connectivity index (χ1v) is 7.73. The van der Waals surface area contributed by atoms with Crippen molar-refractivity contribution >= 4 is 17.8 Å². The van der Waals surface area contributed by atoms with Gasteiger partial charge in [0.05, 0.1) is 11.2 Å². The first kappa shape index (κ1) is 33.5. The average Bonchev–Trinajstić information content (AvgIpc) is 2.71. The van der Waals surface area contributed by atoms with Crippen LogP contribution in [-0.4, -0.2) is 33.8 Å². The van der Waals surface area contributed by atoms with Crippen LogP contribution in [0, 0.1) is 5.92 Å². The first-order valence-electron chi connectivity index (χ1n) is 7.73. The van der Waals surface area contributed by atoms with Gasteiger partial charge < -0.3 is 36.1 Å². The topological polar surface area (TPSA) is 199 Å². The van der Waals surface area contributed by atoms with E-state index in [4.69, 9.17) is 19.8 Å². The quantitative estimate of drug-likeness (QED) is 0.355. The molecule has 1 fully saturated rings. The molecule has 2 rings (SSSR count).